The van der Waals surface area contributed by atoms with E-state index >= 15 is 0 Å². The normalized spacial score (nSPS) is 9.42. The van der Waals surface area contributed by atoms with Crippen molar-refractivity contribution in [3.05, 3.63) is 28.7 Å². The number of hydrogen-bond acceptors (Lipinski definition) is 2. The zero-order valence-corrected chi connectivity index (χ0v) is 8.69. The molecule has 0 saturated heterocycles. The number of nitrogens with two attached hydrogens (primary N) is 1. The molecule has 0 atom stereocenters. The van der Waals surface area contributed by atoms with E-state index in [0.29, 0.717) is 4.99 Å². The van der Waals surface area contributed by atoms with Gasteiger partial charge in [-0.15, -0.1) is 0 Å². The van der Waals surface area contributed by atoms with E-state index in [0.717, 1.165) is 10.2 Å². The third-order valence-electron chi connectivity index (χ3n) is 1.18. The SMILES string of the molecule is NC(=S)COc1cccc(Br)c1. The van der Waals surface area contributed by atoms with Gasteiger partial charge in [0.15, 0.2) is 0 Å². The van der Waals surface area contributed by atoms with Crippen LogP contribution in [0.15, 0.2) is 28.7 Å². The van der Waals surface area contributed by atoms with Crippen molar-refractivity contribution in [1.29, 1.82) is 0 Å². The Hall–Kier alpha value is -0.610. The van der Waals surface area contributed by atoms with Crippen molar-refractivity contribution in [3.8, 4) is 5.75 Å². The van der Waals surface area contributed by atoms with Gasteiger partial charge in [-0.2, -0.15) is 0 Å². The van der Waals surface area contributed by atoms with Crippen LogP contribution in [0.4, 0.5) is 0 Å². The Morgan fingerprint density at radius 2 is 2.33 bits per heavy atom. The Labute approximate surface area is 84.8 Å². The topological polar surface area (TPSA) is 35.2 Å². The highest BCUT2D eigenvalue weighted by Gasteiger charge is 1.94. The van der Waals surface area contributed by atoms with Crippen LogP contribution in [-0.4, -0.2) is 11.6 Å². The predicted molar refractivity (Wildman–Crippen MR) is 56.4 cm³/mol. The van der Waals surface area contributed by atoms with Gasteiger partial charge in [-0.3, -0.25) is 0 Å². The molecule has 0 aliphatic rings. The van der Waals surface area contributed by atoms with Crippen LogP contribution in [-0.2, 0) is 0 Å². The van der Waals surface area contributed by atoms with Gasteiger partial charge >= 0.3 is 0 Å². The lowest BCUT2D eigenvalue weighted by molar-refractivity contribution is 0.377. The summed E-state index contributed by atoms with van der Waals surface area (Å²) in [5, 5.41) is 0. The monoisotopic (exact) mass is 245 g/mol. The molecule has 0 unspecified atom stereocenters. The fourth-order valence-corrected chi connectivity index (χ4v) is 1.15. The highest BCUT2D eigenvalue weighted by Crippen LogP contribution is 2.17. The first-order chi connectivity index (χ1) is 5.68. The van der Waals surface area contributed by atoms with Crippen LogP contribution >= 0.6 is 28.1 Å². The van der Waals surface area contributed by atoms with Gasteiger partial charge in [-0.1, -0.05) is 34.2 Å². The van der Waals surface area contributed by atoms with Crippen molar-refractivity contribution in [2.24, 2.45) is 5.73 Å². The summed E-state index contributed by atoms with van der Waals surface area (Å²) >= 11 is 7.99. The van der Waals surface area contributed by atoms with E-state index in [1.54, 1.807) is 0 Å². The molecule has 0 heterocycles. The Morgan fingerprint density at radius 3 is 2.92 bits per heavy atom. The van der Waals surface area contributed by atoms with Crippen LogP contribution in [0.5, 0.6) is 5.75 Å². The van der Waals surface area contributed by atoms with Gasteiger partial charge < -0.3 is 10.5 Å². The number of benzene rings is 1. The number of thiocarbonyl (C=S) groups is 1. The summed E-state index contributed by atoms with van der Waals surface area (Å²) in [6, 6.07) is 7.52. The van der Waals surface area contributed by atoms with Crippen LogP contribution in [0.1, 0.15) is 0 Å². The van der Waals surface area contributed by atoms with Crippen molar-refractivity contribution < 1.29 is 4.74 Å². The highest BCUT2D eigenvalue weighted by atomic mass is 79.9. The third-order valence-corrected chi connectivity index (χ3v) is 1.79. The molecule has 0 amide bonds. The molecule has 1 aromatic carbocycles. The molecule has 0 saturated carbocycles. The Balaban J connectivity index is 2.57. The zero-order valence-electron chi connectivity index (χ0n) is 6.29. The van der Waals surface area contributed by atoms with E-state index < -0.39 is 0 Å². The lowest BCUT2D eigenvalue weighted by Crippen LogP contribution is -2.17. The fourth-order valence-electron chi connectivity index (χ4n) is 0.711. The molecule has 0 fully saturated rings. The minimum atomic E-state index is 0.284. The molecule has 2 nitrogen and oxygen atoms in total. The summed E-state index contributed by atoms with van der Waals surface area (Å²) in [6.45, 7) is 0.284. The first-order valence-electron chi connectivity index (χ1n) is 3.35. The Kier molecular flexibility index (Phi) is 3.49. The summed E-state index contributed by atoms with van der Waals surface area (Å²) in [7, 11) is 0. The van der Waals surface area contributed by atoms with Crippen LogP contribution < -0.4 is 10.5 Å². The summed E-state index contributed by atoms with van der Waals surface area (Å²) in [5.41, 5.74) is 5.27. The minimum Gasteiger partial charge on any atom is -0.486 e. The second kappa shape index (κ2) is 4.42. The molecular weight excluding hydrogens is 238 g/mol. The molecule has 1 aromatic rings. The van der Waals surface area contributed by atoms with Crippen molar-refractivity contribution in [1.82, 2.24) is 0 Å². The van der Waals surface area contributed by atoms with Gasteiger partial charge in [0.2, 0.25) is 0 Å². The first-order valence-corrected chi connectivity index (χ1v) is 4.55. The van der Waals surface area contributed by atoms with Gasteiger partial charge in [-0.05, 0) is 18.2 Å². The molecule has 0 aromatic heterocycles. The standard InChI is InChI=1S/C8H8BrNOS/c9-6-2-1-3-7(4-6)11-5-8(10)12/h1-4H,5H2,(H2,10,12). The van der Waals surface area contributed by atoms with E-state index in [1.807, 2.05) is 24.3 Å². The van der Waals surface area contributed by atoms with Crippen LogP contribution in [0.2, 0.25) is 0 Å². The molecule has 0 aliphatic heterocycles. The maximum atomic E-state index is 5.27. The Bertz CT molecular complexity index is 290. The minimum absolute atomic E-state index is 0.284. The van der Waals surface area contributed by atoms with E-state index in [1.165, 1.54) is 0 Å². The highest BCUT2D eigenvalue weighted by molar-refractivity contribution is 9.10. The lowest BCUT2D eigenvalue weighted by atomic mass is 10.3. The van der Waals surface area contributed by atoms with Crippen LogP contribution in [0, 0.1) is 0 Å². The molecule has 2 N–H and O–H groups in total. The average molecular weight is 246 g/mol. The quantitative estimate of drug-likeness (QED) is 0.829. The Morgan fingerprint density at radius 1 is 1.58 bits per heavy atom. The van der Waals surface area contributed by atoms with Gasteiger partial charge in [0.25, 0.3) is 0 Å². The zero-order chi connectivity index (χ0) is 8.97. The molecule has 64 valence electrons. The van der Waals surface area contributed by atoms with E-state index in [4.69, 9.17) is 10.5 Å². The third kappa shape index (κ3) is 3.19. The number of halogens is 1. The second-order valence-corrected chi connectivity index (χ2v) is 3.65. The van der Waals surface area contributed by atoms with Gasteiger partial charge in [-0.25, -0.2) is 0 Å². The maximum absolute atomic E-state index is 5.27. The first kappa shape index (κ1) is 9.48. The molecule has 4 heteroatoms. The molecular formula is C8H8BrNOS. The van der Waals surface area contributed by atoms with Crippen molar-refractivity contribution in [2.75, 3.05) is 6.61 Å². The van der Waals surface area contributed by atoms with Gasteiger partial charge in [0.1, 0.15) is 17.3 Å². The summed E-state index contributed by atoms with van der Waals surface area (Å²) in [4.78, 5) is 0.356. The molecule has 0 aliphatic carbocycles. The summed E-state index contributed by atoms with van der Waals surface area (Å²) in [6.07, 6.45) is 0. The number of hydrogen-bond donors (Lipinski definition) is 1. The van der Waals surface area contributed by atoms with E-state index in [-0.39, 0.29) is 6.61 Å². The summed E-state index contributed by atoms with van der Waals surface area (Å²) in [5.74, 6) is 0.761. The number of ether oxygens (including phenoxy) is 1. The molecule has 1 rings (SSSR count). The lowest BCUT2D eigenvalue weighted by Gasteiger charge is -2.03. The van der Waals surface area contributed by atoms with Crippen molar-refractivity contribution in [2.45, 2.75) is 0 Å². The molecule has 0 bridgehead atoms. The van der Waals surface area contributed by atoms with Crippen molar-refractivity contribution in [3.63, 3.8) is 0 Å². The molecule has 0 spiro atoms. The largest absolute Gasteiger partial charge is 0.486 e. The molecule has 0 radical (unpaired) electrons. The fraction of sp³-hybridized carbons (Fsp3) is 0.125. The smallest absolute Gasteiger partial charge is 0.138 e. The number of rotatable bonds is 3. The van der Waals surface area contributed by atoms with Crippen LogP contribution in [0.3, 0.4) is 0 Å². The predicted octanol–water partition coefficient (Wildman–Crippen LogP) is 2.11. The van der Waals surface area contributed by atoms with Gasteiger partial charge in [0.05, 0.1) is 0 Å². The van der Waals surface area contributed by atoms with E-state index in [2.05, 4.69) is 28.1 Å². The average Bonchev–Trinajstić information content (AvgIpc) is 2.01. The molecule has 12 heavy (non-hydrogen) atoms. The second-order valence-electron chi connectivity index (χ2n) is 2.21. The van der Waals surface area contributed by atoms with Gasteiger partial charge in [0, 0.05) is 4.47 Å². The maximum Gasteiger partial charge on any atom is 0.138 e. The van der Waals surface area contributed by atoms with E-state index in [9.17, 15) is 0 Å². The van der Waals surface area contributed by atoms with Crippen LogP contribution in [0.25, 0.3) is 0 Å². The summed E-state index contributed by atoms with van der Waals surface area (Å²) < 4.78 is 6.23. The van der Waals surface area contributed by atoms with Crippen molar-refractivity contribution >= 4 is 33.1 Å².